The molecule has 144 valence electrons. The van der Waals surface area contributed by atoms with E-state index in [0.717, 1.165) is 38.5 Å². The molecule has 2 amide bonds. The fourth-order valence-electron chi connectivity index (χ4n) is 3.56. The zero-order valence-corrected chi connectivity index (χ0v) is 15.7. The fraction of sp³-hybridized carbons (Fsp3) is 0.476. The normalized spacial score (nSPS) is 19.4. The van der Waals surface area contributed by atoms with Crippen molar-refractivity contribution >= 4 is 17.6 Å². The second-order valence-corrected chi connectivity index (χ2v) is 7.24. The van der Waals surface area contributed by atoms with Crippen molar-refractivity contribution in [2.75, 3.05) is 11.9 Å². The van der Waals surface area contributed by atoms with E-state index in [4.69, 9.17) is 4.52 Å². The van der Waals surface area contributed by atoms with Crippen molar-refractivity contribution in [2.24, 2.45) is 11.8 Å². The molecule has 1 aliphatic rings. The highest BCUT2D eigenvalue weighted by Crippen LogP contribution is 2.29. The molecule has 6 nitrogen and oxygen atoms in total. The van der Waals surface area contributed by atoms with E-state index < -0.39 is 0 Å². The molecule has 1 heterocycles. The minimum atomic E-state index is -0.0656. The van der Waals surface area contributed by atoms with E-state index in [0.29, 0.717) is 18.1 Å². The van der Waals surface area contributed by atoms with Gasteiger partial charge in [-0.05, 0) is 51.0 Å². The van der Waals surface area contributed by atoms with Crippen LogP contribution in [0.25, 0.3) is 0 Å². The molecule has 3 rings (SSSR count). The average Bonchev–Trinajstić information content (AvgIpc) is 3.10. The van der Waals surface area contributed by atoms with Gasteiger partial charge >= 0.3 is 0 Å². The number of carbonyl (C=O) groups is 2. The number of benzene rings is 1. The number of aromatic nitrogens is 1. The maximum atomic E-state index is 12.3. The molecule has 1 saturated carbocycles. The highest BCUT2D eigenvalue weighted by molar-refractivity contribution is 5.91. The zero-order valence-electron chi connectivity index (χ0n) is 15.7. The maximum absolute atomic E-state index is 12.3. The van der Waals surface area contributed by atoms with Crippen LogP contribution in [0.5, 0.6) is 0 Å². The summed E-state index contributed by atoms with van der Waals surface area (Å²) < 4.78 is 4.96. The third-order valence-electron chi connectivity index (χ3n) is 5.13. The molecule has 1 aromatic heterocycles. The van der Waals surface area contributed by atoms with Gasteiger partial charge in [0.2, 0.25) is 11.8 Å². The molecule has 1 aromatic carbocycles. The van der Waals surface area contributed by atoms with Crippen molar-refractivity contribution in [1.29, 1.82) is 0 Å². The Kier molecular flexibility index (Phi) is 6.63. The van der Waals surface area contributed by atoms with E-state index in [1.54, 1.807) is 13.0 Å². The van der Waals surface area contributed by atoms with Crippen LogP contribution in [-0.2, 0) is 16.0 Å². The first kappa shape index (κ1) is 19.1. The Hall–Kier alpha value is -2.63. The van der Waals surface area contributed by atoms with Gasteiger partial charge in [0.15, 0.2) is 5.82 Å². The number of hydrogen-bond donors (Lipinski definition) is 2. The number of nitrogens with zero attached hydrogens (tertiary/aromatic N) is 1. The number of carbonyl (C=O) groups excluding carboxylic acids is 2. The molecule has 0 bridgehead atoms. The van der Waals surface area contributed by atoms with Crippen LogP contribution in [0.3, 0.4) is 0 Å². The van der Waals surface area contributed by atoms with Crippen molar-refractivity contribution in [3.05, 3.63) is 47.7 Å². The number of anilines is 1. The van der Waals surface area contributed by atoms with Gasteiger partial charge in [0.1, 0.15) is 5.76 Å². The highest BCUT2D eigenvalue weighted by Gasteiger charge is 2.30. The minimum Gasteiger partial charge on any atom is -0.360 e. The standard InChI is InChI=1S/C21H27N3O3/c1-15-14-19(24-27-15)23-21(26)18-11-9-17(10-12-18)20(25)22-13-5-8-16-6-3-2-4-7-16/h2-4,6-7,14,17-18H,5,8-13H2,1H3,(H,22,25)(H,23,24,26). The summed E-state index contributed by atoms with van der Waals surface area (Å²) >= 11 is 0. The first-order chi connectivity index (χ1) is 13.1. The molecule has 27 heavy (non-hydrogen) atoms. The summed E-state index contributed by atoms with van der Waals surface area (Å²) in [4.78, 5) is 24.7. The van der Waals surface area contributed by atoms with Gasteiger partial charge in [0.05, 0.1) is 0 Å². The molecule has 0 unspecified atom stereocenters. The Morgan fingerprint density at radius 1 is 1.07 bits per heavy atom. The van der Waals surface area contributed by atoms with Gasteiger partial charge in [-0.3, -0.25) is 9.59 Å². The van der Waals surface area contributed by atoms with Crippen LogP contribution in [0.4, 0.5) is 5.82 Å². The number of hydrogen-bond acceptors (Lipinski definition) is 4. The molecule has 0 aliphatic heterocycles. The SMILES string of the molecule is Cc1cc(NC(=O)C2CCC(C(=O)NCCCc3ccccc3)CC2)no1. The van der Waals surface area contributed by atoms with E-state index in [9.17, 15) is 9.59 Å². The average molecular weight is 369 g/mol. The molecule has 0 radical (unpaired) electrons. The second-order valence-electron chi connectivity index (χ2n) is 7.24. The van der Waals surface area contributed by atoms with Gasteiger partial charge in [0.25, 0.3) is 0 Å². The van der Waals surface area contributed by atoms with Gasteiger partial charge in [0, 0.05) is 24.4 Å². The van der Waals surface area contributed by atoms with E-state index in [1.165, 1.54) is 5.56 Å². The van der Waals surface area contributed by atoms with Crippen LogP contribution in [0.1, 0.15) is 43.4 Å². The monoisotopic (exact) mass is 369 g/mol. The predicted molar refractivity (Wildman–Crippen MR) is 103 cm³/mol. The number of rotatable bonds is 7. The van der Waals surface area contributed by atoms with E-state index in [1.807, 2.05) is 18.2 Å². The summed E-state index contributed by atoms with van der Waals surface area (Å²) in [6, 6.07) is 12.0. The van der Waals surface area contributed by atoms with E-state index >= 15 is 0 Å². The van der Waals surface area contributed by atoms with Crippen LogP contribution in [0.15, 0.2) is 40.9 Å². The summed E-state index contributed by atoms with van der Waals surface area (Å²) in [5, 5.41) is 9.62. The Morgan fingerprint density at radius 2 is 1.74 bits per heavy atom. The summed E-state index contributed by atoms with van der Waals surface area (Å²) in [6.07, 6.45) is 4.86. The second kappa shape index (κ2) is 9.35. The number of amides is 2. The van der Waals surface area contributed by atoms with Gasteiger partial charge in [-0.2, -0.15) is 0 Å². The number of nitrogens with one attached hydrogen (secondary N) is 2. The first-order valence-corrected chi connectivity index (χ1v) is 9.67. The first-order valence-electron chi connectivity index (χ1n) is 9.67. The molecular formula is C21H27N3O3. The van der Waals surface area contributed by atoms with Gasteiger partial charge < -0.3 is 15.2 Å². The summed E-state index contributed by atoms with van der Waals surface area (Å²) in [6.45, 7) is 2.48. The lowest BCUT2D eigenvalue weighted by molar-refractivity contribution is -0.128. The summed E-state index contributed by atoms with van der Waals surface area (Å²) in [5.41, 5.74) is 1.29. The predicted octanol–water partition coefficient (Wildman–Crippen LogP) is 3.48. The summed E-state index contributed by atoms with van der Waals surface area (Å²) in [7, 11) is 0. The Bertz CT molecular complexity index is 749. The lowest BCUT2D eigenvalue weighted by atomic mass is 9.81. The van der Waals surface area contributed by atoms with Crippen molar-refractivity contribution in [3.8, 4) is 0 Å². The van der Waals surface area contributed by atoms with Crippen LogP contribution in [-0.4, -0.2) is 23.5 Å². The zero-order chi connectivity index (χ0) is 19.1. The largest absolute Gasteiger partial charge is 0.360 e. The molecule has 1 fully saturated rings. The van der Waals surface area contributed by atoms with Crippen LogP contribution < -0.4 is 10.6 Å². The molecule has 6 heteroatoms. The van der Waals surface area contributed by atoms with Crippen molar-refractivity contribution in [1.82, 2.24) is 10.5 Å². The van der Waals surface area contributed by atoms with Crippen LogP contribution >= 0.6 is 0 Å². The topological polar surface area (TPSA) is 84.2 Å². The molecular weight excluding hydrogens is 342 g/mol. The lowest BCUT2D eigenvalue weighted by Crippen LogP contribution is -2.36. The molecule has 2 N–H and O–H groups in total. The van der Waals surface area contributed by atoms with Crippen molar-refractivity contribution < 1.29 is 14.1 Å². The Labute approximate surface area is 159 Å². The van der Waals surface area contributed by atoms with Gasteiger partial charge in [-0.15, -0.1) is 0 Å². The molecule has 0 spiro atoms. The van der Waals surface area contributed by atoms with Gasteiger partial charge in [-0.1, -0.05) is 35.5 Å². The van der Waals surface area contributed by atoms with Crippen LogP contribution in [0, 0.1) is 18.8 Å². The fourth-order valence-corrected chi connectivity index (χ4v) is 3.56. The Balaban J connectivity index is 1.34. The van der Waals surface area contributed by atoms with Crippen molar-refractivity contribution in [3.63, 3.8) is 0 Å². The smallest absolute Gasteiger partial charge is 0.228 e. The number of aryl methyl sites for hydroxylation is 2. The van der Waals surface area contributed by atoms with E-state index in [2.05, 4.69) is 27.9 Å². The quantitative estimate of drug-likeness (QED) is 0.732. The Morgan fingerprint density at radius 3 is 2.37 bits per heavy atom. The van der Waals surface area contributed by atoms with Crippen molar-refractivity contribution in [2.45, 2.75) is 45.4 Å². The maximum Gasteiger partial charge on any atom is 0.228 e. The molecule has 2 aromatic rings. The lowest BCUT2D eigenvalue weighted by Gasteiger charge is -2.26. The minimum absolute atomic E-state index is 0.0140. The third kappa shape index (κ3) is 5.67. The highest BCUT2D eigenvalue weighted by atomic mass is 16.5. The molecule has 0 saturated heterocycles. The third-order valence-corrected chi connectivity index (χ3v) is 5.13. The van der Waals surface area contributed by atoms with Gasteiger partial charge in [-0.25, -0.2) is 0 Å². The van der Waals surface area contributed by atoms with Crippen LogP contribution in [0.2, 0.25) is 0 Å². The molecule has 0 atom stereocenters. The summed E-state index contributed by atoms with van der Waals surface area (Å²) in [5.74, 6) is 1.15. The molecule has 1 aliphatic carbocycles. The van der Waals surface area contributed by atoms with E-state index in [-0.39, 0.29) is 23.7 Å².